The first-order valence-corrected chi connectivity index (χ1v) is 26.7. The molecular weight excluding hydrogens is 1000 g/mol. The zero-order valence-electron chi connectivity index (χ0n) is 45.9. The van der Waals surface area contributed by atoms with Gasteiger partial charge < -0.3 is 34.0 Å². The maximum atomic E-state index is 13.5. The number of aromatic nitrogens is 5. The zero-order chi connectivity index (χ0) is 56.7. The number of pyridine rings is 1. The van der Waals surface area contributed by atoms with Crippen LogP contribution in [-0.2, 0) is 46.2 Å². The van der Waals surface area contributed by atoms with Gasteiger partial charge in [0.25, 0.3) is 5.91 Å². The number of amidine groups is 2. The average molecular weight is 1080 g/mol. The SMILES string of the molecule is CCCCCCOC(=O)NC(=N)c1ccc(NCc2nc3cc(C(=O)N(CCC(C)=O)c4ccccn4)ccc3n2C)cc1.CCCCCCOC(=O)NC(=N)c1ccc(NCc2nc3cc(C(=O)OCC)ccc3n2C)cc1. The van der Waals surface area contributed by atoms with Gasteiger partial charge in [0.1, 0.15) is 34.9 Å². The van der Waals surface area contributed by atoms with E-state index in [1.807, 2.05) is 59.6 Å². The molecule has 6 N–H and O–H groups in total. The molecule has 4 aromatic carbocycles. The van der Waals surface area contributed by atoms with Crippen LogP contribution in [-0.4, -0.2) is 92.0 Å². The van der Waals surface area contributed by atoms with E-state index in [4.69, 9.17) is 30.0 Å². The predicted octanol–water partition coefficient (Wildman–Crippen LogP) is 10.8. The van der Waals surface area contributed by atoms with Crippen molar-refractivity contribution in [3.63, 3.8) is 0 Å². The number of ketones is 1. The molecule has 79 heavy (non-hydrogen) atoms. The fourth-order valence-electron chi connectivity index (χ4n) is 8.23. The third-order valence-corrected chi connectivity index (χ3v) is 12.7. The number of hydrogen-bond donors (Lipinski definition) is 6. The van der Waals surface area contributed by atoms with E-state index in [1.165, 1.54) is 11.8 Å². The fourth-order valence-corrected chi connectivity index (χ4v) is 8.23. The number of ether oxygens (including phenoxy) is 3. The minimum atomic E-state index is -0.624. The number of anilines is 3. The van der Waals surface area contributed by atoms with Crippen molar-refractivity contribution in [2.24, 2.45) is 14.1 Å². The number of fused-ring (bicyclic) bond motifs is 2. The number of amides is 3. The number of carbonyl (C=O) groups excluding carboxylic acids is 5. The Morgan fingerprint density at radius 1 is 0.582 bits per heavy atom. The lowest BCUT2D eigenvalue weighted by molar-refractivity contribution is -0.116. The molecule has 0 saturated carbocycles. The summed E-state index contributed by atoms with van der Waals surface area (Å²) in [4.78, 5) is 76.2. The second-order valence-corrected chi connectivity index (χ2v) is 18.7. The maximum absolute atomic E-state index is 13.5. The highest BCUT2D eigenvalue weighted by atomic mass is 16.6. The van der Waals surface area contributed by atoms with Crippen molar-refractivity contribution in [2.45, 2.75) is 98.6 Å². The maximum Gasteiger partial charge on any atom is 0.412 e. The highest BCUT2D eigenvalue weighted by molar-refractivity contribution is 6.08. The van der Waals surface area contributed by atoms with Crippen molar-refractivity contribution in [3.8, 4) is 0 Å². The quantitative estimate of drug-likeness (QED) is 0.0102. The molecule has 0 aliphatic carbocycles. The van der Waals surface area contributed by atoms with Crippen LogP contribution in [0.25, 0.3) is 22.1 Å². The molecule has 20 nitrogen and oxygen atoms in total. The molecule has 0 atom stereocenters. The summed E-state index contributed by atoms with van der Waals surface area (Å²) in [7, 11) is 3.84. The first-order valence-electron chi connectivity index (χ1n) is 26.7. The summed E-state index contributed by atoms with van der Waals surface area (Å²) in [6.45, 7) is 9.67. The molecular formula is C59H72N12O8. The van der Waals surface area contributed by atoms with E-state index >= 15 is 0 Å². The van der Waals surface area contributed by atoms with Crippen molar-refractivity contribution >= 4 is 80.8 Å². The standard InChI is InChI=1S/C33H39N7O4.C26H33N5O4/c1-4-5-6-9-20-44-33(43)38-31(34)24-11-14-26(15-12-24)36-22-30-37-27-21-25(13-16-28(27)39(30)3)32(42)40(19-17-23(2)41)29-10-7-8-18-35-29;1-4-6-7-8-15-35-26(33)30-24(27)18-9-12-20(13-10-18)28-17-23-29-21-16-19(25(32)34-5-2)11-14-22(21)31(23)3/h7-8,10-16,18,21,36H,4-6,9,17,19-20,22H2,1-3H3,(H2,34,38,43);9-14,16,28H,4-8,15,17H2,1-3H3,(H2,27,30,33). The van der Waals surface area contributed by atoms with Crippen molar-refractivity contribution in [3.05, 3.63) is 143 Å². The number of imidazole rings is 2. The molecule has 0 bridgehead atoms. The van der Waals surface area contributed by atoms with Gasteiger partial charge in [-0.15, -0.1) is 0 Å². The number of esters is 1. The topological polar surface area (TPSA) is 261 Å². The number of rotatable bonds is 25. The summed E-state index contributed by atoms with van der Waals surface area (Å²) >= 11 is 0. The molecule has 7 rings (SSSR count). The molecule has 20 heteroatoms. The third-order valence-electron chi connectivity index (χ3n) is 12.7. The third kappa shape index (κ3) is 17.5. The fraction of sp³-hybridized carbons (Fsp3) is 0.356. The lowest BCUT2D eigenvalue weighted by atomic mass is 10.1. The molecule has 416 valence electrons. The minimum Gasteiger partial charge on any atom is -0.462 e. The van der Waals surface area contributed by atoms with Crippen LogP contribution < -0.4 is 26.2 Å². The van der Waals surface area contributed by atoms with Gasteiger partial charge in [-0.3, -0.25) is 35.9 Å². The van der Waals surface area contributed by atoms with E-state index < -0.39 is 12.2 Å². The van der Waals surface area contributed by atoms with Crippen LogP contribution in [0.2, 0.25) is 0 Å². The molecule has 0 spiro atoms. The Balaban J connectivity index is 0.000000262. The van der Waals surface area contributed by atoms with E-state index in [0.717, 1.165) is 90.9 Å². The Morgan fingerprint density at radius 2 is 1.06 bits per heavy atom. The highest BCUT2D eigenvalue weighted by Gasteiger charge is 2.21. The summed E-state index contributed by atoms with van der Waals surface area (Å²) in [5.74, 6) is 1.40. The summed E-state index contributed by atoms with van der Waals surface area (Å²) in [5.41, 5.74) is 6.92. The van der Waals surface area contributed by atoms with Gasteiger partial charge in [-0.25, -0.2) is 29.3 Å². The smallest absolute Gasteiger partial charge is 0.412 e. The monoisotopic (exact) mass is 1080 g/mol. The van der Waals surface area contributed by atoms with Crippen molar-refractivity contribution in [1.29, 1.82) is 10.8 Å². The van der Waals surface area contributed by atoms with Crippen molar-refractivity contribution in [2.75, 3.05) is 41.9 Å². The van der Waals surface area contributed by atoms with Gasteiger partial charge in [0.15, 0.2) is 0 Å². The number of alkyl carbamates (subject to hydrolysis) is 2. The number of benzene rings is 4. The second kappa shape index (κ2) is 30.1. The first kappa shape index (κ1) is 59.3. The summed E-state index contributed by atoms with van der Waals surface area (Å²) in [5, 5.41) is 27.9. The average Bonchev–Trinajstić information content (AvgIpc) is 3.95. The van der Waals surface area contributed by atoms with E-state index in [9.17, 15) is 24.0 Å². The second-order valence-electron chi connectivity index (χ2n) is 18.7. The van der Waals surface area contributed by atoms with Gasteiger partial charge in [0, 0.05) is 61.3 Å². The van der Waals surface area contributed by atoms with Gasteiger partial charge in [0.2, 0.25) is 0 Å². The normalized spacial score (nSPS) is 10.8. The summed E-state index contributed by atoms with van der Waals surface area (Å²) < 4.78 is 19.3. The van der Waals surface area contributed by atoms with E-state index in [1.54, 1.807) is 79.9 Å². The molecule has 3 aromatic heterocycles. The highest BCUT2D eigenvalue weighted by Crippen LogP contribution is 2.23. The van der Waals surface area contributed by atoms with Gasteiger partial charge >= 0.3 is 18.2 Å². The van der Waals surface area contributed by atoms with E-state index in [0.29, 0.717) is 66.5 Å². The lowest BCUT2D eigenvalue weighted by Crippen LogP contribution is -2.33. The molecule has 0 radical (unpaired) electrons. The number of nitrogens with zero attached hydrogens (tertiary/aromatic N) is 6. The predicted molar refractivity (Wildman–Crippen MR) is 307 cm³/mol. The number of carbonyl (C=O) groups is 5. The van der Waals surface area contributed by atoms with Crippen LogP contribution in [0, 0.1) is 10.8 Å². The lowest BCUT2D eigenvalue weighted by Gasteiger charge is -2.21. The molecule has 3 amide bonds. The van der Waals surface area contributed by atoms with E-state index in [-0.39, 0.29) is 42.3 Å². The molecule has 0 aliphatic rings. The summed E-state index contributed by atoms with van der Waals surface area (Å²) in [6, 6.07) is 30.4. The molecule has 0 saturated heterocycles. The molecule has 3 heterocycles. The van der Waals surface area contributed by atoms with E-state index in [2.05, 4.69) is 45.1 Å². The molecule has 7 aromatic rings. The van der Waals surface area contributed by atoms with Gasteiger partial charge in [0.05, 0.1) is 60.5 Å². The minimum absolute atomic E-state index is 0.00572. The Kier molecular flexibility index (Phi) is 22.6. The zero-order valence-corrected chi connectivity index (χ0v) is 45.9. The first-order chi connectivity index (χ1) is 38.2. The van der Waals surface area contributed by atoms with Crippen molar-refractivity contribution in [1.82, 2.24) is 34.7 Å². The van der Waals surface area contributed by atoms with Gasteiger partial charge in [-0.05, 0) is 124 Å². The number of hydrogen-bond acceptors (Lipinski definition) is 15. The number of aryl methyl sites for hydroxylation is 2. The van der Waals surface area contributed by atoms with Crippen LogP contribution in [0.15, 0.2) is 109 Å². The molecule has 0 aliphatic heterocycles. The van der Waals surface area contributed by atoms with Gasteiger partial charge in [-0.2, -0.15) is 0 Å². The van der Waals surface area contributed by atoms with Crippen molar-refractivity contribution < 1.29 is 38.2 Å². The largest absolute Gasteiger partial charge is 0.462 e. The van der Waals surface area contributed by atoms with Crippen LogP contribution in [0.5, 0.6) is 0 Å². The van der Waals surface area contributed by atoms with Gasteiger partial charge in [-0.1, -0.05) is 58.4 Å². The number of nitrogens with one attached hydrogen (secondary N) is 6. The Labute approximate surface area is 460 Å². The summed E-state index contributed by atoms with van der Waals surface area (Å²) in [6.07, 6.45) is 8.75. The van der Waals surface area contributed by atoms with Crippen LogP contribution in [0.3, 0.4) is 0 Å². The Bertz CT molecular complexity index is 3190. The number of Topliss-reactive ketones (excluding diaryl/α,β-unsaturated/α-hetero) is 1. The van der Waals surface area contributed by atoms with Crippen LogP contribution >= 0.6 is 0 Å². The number of unbranched alkanes of at least 4 members (excludes halogenated alkanes) is 6. The molecule has 0 unspecified atom stereocenters. The van der Waals surface area contributed by atoms with Crippen LogP contribution in [0.1, 0.15) is 129 Å². The molecule has 0 fully saturated rings. The Morgan fingerprint density at radius 3 is 1.52 bits per heavy atom. The van der Waals surface area contributed by atoms with Crippen LogP contribution in [0.4, 0.5) is 26.8 Å². The Hall–Kier alpha value is -8.94.